The summed E-state index contributed by atoms with van der Waals surface area (Å²) in [6.45, 7) is 2.03. The number of para-hydroxylation sites is 1. The van der Waals surface area contributed by atoms with E-state index in [0.29, 0.717) is 0 Å². The van der Waals surface area contributed by atoms with E-state index in [1.807, 2.05) is 12.1 Å². The standard InChI is InChI=1S/C13H15N3/c1-2-11(9-14-8-10-4-5-10)13-12(3-1)15-6-7-16-13/h1-3,6-7,10,14H,4-5,8-9H2. The summed E-state index contributed by atoms with van der Waals surface area (Å²) in [5.41, 5.74) is 3.24. The summed E-state index contributed by atoms with van der Waals surface area (Å²) in [7, 11) is 0. The van der Waals surface area contributed by atoms with E-state index in [9.17, 15) is 0 Å². The fourth-order valence-corrected chi connectivity index (χ4v) is 1.93. The fraction of sp³-hybridized carbons (Fsp3) is 0.385. The van der Waals surface area contributed by atoms with Crippen LogP contribution in [0.25, 0.3) is 11.0 Å². The van der Waals surface area contributed by atoms with Crippen LogP contribution in [0.5, 0.6) is 0 Å². The van der Waals surface area contributed by atoms with Crippen LogP contribution in [0.15, 0.2) is 30.6 Å². The molecule has 0 unspecified atom stereocenters. The summed E-state index contributed by atoms with van der Waals surface area (Å²) >= 11 is 0. The quantitative estimate of drug-likeness (QED) is 0.845. The van der Waals surface area contributed by atoms with Crippen LogP contribution in [0, 0.1) is 5.92 Å². The average molecular weight is 213 g/mol. The van der Waals surface area contributed by atoms with Gasteiger partial charge in [-0.05, 0) is 36.9 Å². The van der Waals surface area contributed by atoms with Crippen LogP contribution in [0.4, 0.5) is 0 Å². The lowest BCUT2D eigenvalue weighted by Gasteiger charge is -2.06. The number of nitrogens with one attached hydrogen (secondary N) is 1. The summed E-state index contributed by atoms with van der Waals surface area (Å²) < 4.78 is 0. The molecule has 1 aromatic heterocycles. The zero-order valence-corrected chi connectivity index (χ0v) is 9.19. The van der Waals surface area contributed by atoms with Crippen LogP contribution in [0.2, 0.25) is 0 Å². The summed E-state index contributed by atoms with van der Waals surface area (Å²) in [6.07, 6.45) is 6.28. The first kappa shape index (κ1) is 9.73. The van der Waals surface area contributed by atoms with Crippen molar-refractivity contribution in [3.63, 3.8) is 0 Å². The van der Waals surface area contributed by atoms with Gasteiger partial charge < -0.3 is 5.32 Å². The Morgan fingerprint density at radius 3 is 2.94 bits per heavy atom. The van der Waals surface area contributed by atoms with Gasteiger partial charge in [-0.15, -0.1) is 0 Å². The Hall–Kier alpha value is -1.48. The molecule has 0 spiro atoms. The molecule has 82 valence electrons. The molecule has 3 nitrogen and oxygen atoms in total. The number of aromatic nitrogens is 2. The first-order valence-electron chi connectivity index (χ1n) is 5.83. The van der Waals surface area contributed by atoms with Crippen LogP contribution in [-0.4, -0.2) is 16.5 Å². The molecule has 0 saturated heterocycles. The lowest BCUT2D eigenvalue weighted by molar-refractivity contribution is 0.640. The third kappa shape index (κ3) is 2.04. The van der Waals surface area contributed by atoms with E-state index < -0.39 is 0 Å². The highest BCUT2D eigenvalue weighted by Crippen LogP contribution is 2.27. The number of hydrogen-bond acceptors (Lipinski definition) is 3. The Balaban J connectivity index is 1.79. The van der Waals surface area contributed by atoms with Crippen molar-refractivity contribution in [1.82, 2.24) is 15.3 Å². The SMILES string of the molecule is c1cc(CNCC2CC2)c2nccnc2c1. The molecule has 3 rings (SSSR count). The number of hydrogen-bond donors (Lipinski definition) is 1. The summed E-state index contributed by atoms with van der Waals surface area (Å²) in [6, 6.07) is 6.18. The Morgan fingerprint density at radius 1 is 1.19 bits per heavy atom. The molecule has 1 N–H and O–H groups in total. The van der Waals surface area contributed by atoms with Crippen LogP contribution in [0.1, 0.15) is 18.4 Å². The van der Waals surface area contributed by atoms with Crippen molar-refractivity contribution >= 4 is 11.0 Å². The first-order valence-corrected chi connectivity index (χ1v) is 5.83. The molecule has 0 radical (unpaired) electrons. The van der Waals surface area contributed by atoms with Crippen molar-refractivity contribution in [2.45, 2.75) is 19.4 Å². The third-order valence-corrected chi connectivity index (χ3v) is 3.03. The summed E-state index contributed by atoms with van der Waals surface area (Å²) in [5.74, 6) is 0.918. The predicted octanol–water partition coefficient (Wildman–Crippen LogP) is 2.13. The van der Waals surface area contributed by atoms with E-state index in [-0.39, 0.29) is 0 Å². The Kier molecular flexibility index (Phi) is 2.54. The van der Waals surface area contributed by atoms with Gasteiger partial charge in [-0.2, -0.15) is 0 Å². The van der Waals surface area contributed by atoms with Crippen molar-refractivity contribution in [3.8, 4) is 0 Å². The zero-order chi connectivity index (χ0) is 10.8. The maximum atomic E-state index is 4.39. The van der Waals surface area contributed by atoms with Gasteiger partial charge in [0.2, 0.25) is 0 Å². The number of benzene rings is 1. The molecule has 1 aliphatic carbocycles. The second-order valence-electron chi connectivity index (χ2n) is 4.42. The molecular weight excluding hydrogens is 198 g/mol. The van der Waals surface area contributed by atoms with Crippen molar-refractivity contribution in [2.24, 2.45) is 5.92 Å². The average Bonchev–Trinajstić information content (AvgIpc) is 3.13. The summed E-state index contributed by atoms with van der Waals surface area (Å²) in [4.78, 5) is 8.70. The number of nitrogens with zero attached hydrogens (tertiary/aromatic N) is 2. The molecule has 1 aliphatic rings. The molecule has 1 fully saturated rings. The smallest absolute Gasteiger partial charge is 0.0931 e. The first-order chi connectivity index (χ1) is 7.93. The monoisotopic (exact) mass is 213 g/mol. The van der Waals surface area contributed by atoms with Crippen LogP contribution < -0.4 is 5.32 Å². The predicted molar refractivity (Wildman–Crippen MR) is 64.0 cm³/mol. The minimum Gasteiger partial charge on any atom is -0.312 e. The number of rotatable bonds is 4. The van der Waals surface area contributed by atoms with Gasteiger partial charge in [0.05, 0.1) is 11.0 Å². The van der Waals surface area contributed by atoms with E-state index in [0.717, 1.165) is 30.0 Å². The molecule has 0 amide bonds. The largest absolute Gasteiger partial charge is 0.312 e. The van der Waals surface area contributed by atoms with Crippen molar-refractivity contribution in [2.75, 3.05) is 6.54 Å². The van der Waals surface area contributed by atoms with Gasteiger partial charge in [-0.25, -0.2) is 0 Å². The molecule has 0 bridgehead atoms. The van der Waals surface area contributed by atoms with Gasteiger partial charge >= 0.3 is 0 Å². The lowest BCUT2D eigenvalue weighted by atomic mass is 10.1. The maximum Gasteiger partial charge on any atom is 0.0931 e. The van der Waals surface area contributed by atoms with E-state index in [2.05, 4.69) is 21.4 Å². The molecule has 1 heterocycles. The van der Waals surface area contributed by atoms with Crippen LogP contribution >= 0.6 is 0 Å². The van der Waals surface area contributed by atoms with Crippen LogP contribution in [-0.2, 0) is 6.54 Å². The molecule has 1 aromatic carbocycles. The van der Waals surface area contributed by atoms with E-state index in [1.165, 1.54) is 18.4 Å². The van der Waals surface area contributed by atoms with Gasteiger partial charge in [-0.3, -0.25) is 9.97 Å². The summed E-state index contributed by atoms with van der Waals surface area (Å²) in [5, 5.41) is 3.49. The Bertz CT molecular complexity index is 486. The van der Waals surface area contributed by atoms with Gasteiger partial charge in [0.15, 0.2) is 0 Å². The second-order valence-corrected chi connectivity index (χ2v) is 4.42. The zero-order valence-electron chi connectivity index (χ0n) is 9.19. The van der Waals surface area contributed by atoms with Crippen molar-refractivity contribution in [1.29, 1.82) is 0 Å². The molecule has 16 heavy (non-hydrogen) atoms. The molecule has 2 aromatic rings. The van der Waals surface area contributed by atoms with Crippen molar-refractivity contribution in [3.05, 3.63) is 36.2 Å². The Morgan fingerprint density at radius 2 is 2.06 bits per heavy atom. The molecular formula is C13H15N3. The van der Waals surface area contributed by atoms with E-state index in [1.54, 1.807) is 12.4 Å². The maximum absolute atomic E-state index is 4.39. The van der Waals surface area contributed by atoms with E-state index in [4.69, 9.17) is 0 Å². The minimum atomic E-state index is 0.895. The minimum absolute atomic E-state index is 0.895. The van der Waals surface area contributed by atoms with Gasteiger partial charge in [0.25, 0.3) is 0 Å². The Labute approximate surface area is 94.9 Å². The fourth-order valence-electron chi connectivity index (χ4n) is 1.93. The molecule has 0 atom stereocenters. The van der Waals surface area contributed by atoms with Crippen LogP contribution in [0.3, 0.4) is 0 Å². The normalized spacial score (nSPS) is 15.5. The highest BCUT2D eigenvalue weighted by Gasteiger charge is 2.20. The van der Waals surface area contributed by atoms with Crippen molar-refractivity contribution < 1.29 is 0 Å². The molecule has 0 aliphatic heterocycles. The topological polar surface area (TPSA) is 37.8 Å². The molecule has 3 heteroatoms. The number of fused-ring (bicyclic) bond motifs is 1. The van der Waals surface area contributed by atoms with Gasteiger partial charge in [-0.1, -0.05) is 12.1 Å². The van der Waals surface area contributed by atoms with E-state index >= 15 is 0 Å². The highest BCUT2D eigenvalue weighted by atomic mass is 14.9. The van der Waals surface area contributed by atoms with Gasteiger partial charge in [0, 0.05) is 18.9 Å². The highest BCUT2D eigenvalue weighted by molar-refractivity contribution is 5.77. The molecule has 1 saturated carbocycles. The lowest BCUT2D eigenvalue weighted by Crippen LogP contribution is -2.16. The van der Waals surface area contributed by atoms with Gasteiger partial charge in [0.1, 0.15) is 0 Å². The second kappa shape index (κ2) is 4.18. The third-order valence-electron chi connectivity index (χ3n) is 3.03.